The topological polar surface area (TPSA) is 95.0 Å². The number of hydrogen-bond acceptors (Lipinski definition) is 4. The van der Waals surface area contributed by atoms with Gasteiger partial charge in [0.15, 0.2) is 0 Å². The summed E-state index contributed by atoms with van der Waals surface area (Å²) in [6.07, 6.45) is -4.18. The summed E-state index contributed by atoms with van der Waals surface area (Å²) in [6, 6.07) is 19.9. The maximum Gasteiger partial charge on any atom is 0.417 e. The first-order valence-electron chi connectivity index (χ1n) is 12.1. The first kappa shape index (κ1) is 29.6. The molecule has 1 heterocycles. The smallest absolute Gasteiger partial charge is 0.417 e. The number of rotatable bonds is 5. The molecule has 4 rings (SSSR count). The van der Waals surface area contributed by atoms with Crippen molar-refractivity contribution in [2.75, 3.05) is 26.2 Å². The molecule has 1 N–H and O–H groups in total. The van der Waals surface area contributed by atoms with Gasteiger partial charge in [-0.05, 0) is 48.5 Å². The molecule has 3 aromatic rings. The molecule has 206 valence electrons. The van der Waals surface area contributed by atoms with Gasteiger partial charge in [0, 0.05) is 42.4 Å². The number of alkyl halides is 3. The van der Waals surface area contributed by atoms with Crippen LogP contribution in [0.2, 0.25) is 0 Å². The number of hydrogen-bond donors (Lipinski definition) is 1. The van der Waals surface area contributed by atoms with Gasteiger partial charge in [0.2, 0.25) is 5.91 Å². The average molecular weight is 561 g/mol. The van der Waals surface area contributed by atoms with Crippen molar-refractivity contribution in [2.24, 2.45) is 0 Å². The van der Waals surface area contributed by atoms with E-state index in [1.807, 2.05) is 18.2 Å². The molecule has 3 aromatic carbocycles. The summed E-state index contributed by atoms with van der Waals surface area (Å²) in [7, 11) is -1.26. The molecule has 0 aliphatic carbocycles. The molecular weight excluding hydrogens is 533 g/mol. The molecule has 1 saturated heterocycles. The van der Waals surface area contributed by atoms with Gasteiger partial charge in [-0.2, -0.15) is 13.2 Å². The maximum atomic E-state index is 13.0. The molecule has 0 aromatic heterocycles. The third-order valence-corrected chi connectivity index (χ3v) is 7.36. The van der Waals surface area contributed by atoms with Crippen LogP contribution in [0.1, 0.15) is 39.6 Å². The Kier molecular flexibility index (Phi) is 10.00. The molecule has 11 heteroatoms. The molecule has 7 nitrogen and oxygen atoms in total. The van der Waals surface area contributed by atoms with E-state index in [4.69, 9.17) is 5.11 Å². The van der Waals surface area contributed by atoms with Crippen LogP contribution in [0.5, 0.6) is 0 Å². The molecule has 1 aliphatic rings. The second-order valence-corrected chi connectivity index (χ2v) is 9.96. The van der Waals surface area contributed by atoms with E-state index in [9.17, 15) is 31.8 Å². The molecule has 1 aliphatic heterocycles. The fourth-order valence-electron chi connectivity index (χ4n) is 3.87. The Balaban J connectivity index is 0.000000223. The fraction of sp³-hybridized carbons (Fsp3) is 0.250. The Morgan fingerprint density at radius 2 is 1.31 bits per heavy atom. The number of amides is 2. The summed E-state index contributed by atoms with van der Waals surface area (Å²) in [5.41, 5.74) is -1.07. The molecule has 0 saturated carbocycles. The van der Waals surface area contributed by atoms with Crippen molar-refractivity contribution < 1.29 is 36.9 Å². The molecule has 0 radical (unpaired) electrons. The van der Waals surface area contributed by atoms with Crippen LogP contribution in [0, 0.1) is 0 Å². The number of halogens is 3. The molecule has 2 amide bonds. The van der Waals surface area contributed by atoms with Gasteiger partial charge in [-0.15, -0.1) is 0 Å². The highest BCUT2D eigenvalue weighted by Crippen LogP contribution is 2.32. The van der Waals surface area contributed by atoms with E-state index in [-0.39, 0.29) is 30.1 Å². The number of aromatic carboxylic acids is 1. The average Bonchev–Trinajstić information content (AvgIpc) is 2.96. The Labute approximate surface area is 226 Å². The molecule has 39 heavy (non-hydrogen) atoms. The highest BCUT2D eigenvalue weighted by atomic mass is 32.2. The minimum absolute atomic E-state index is 0.0113. The van der Waals surface area contributed by atoms with Gasteiger partial charge >= 0.3 is 12.1 Å². The van der Waals surface area contributed by atoms with Crippen molar-refractivity contribution in [3.63, 3.8) is 0 Å². The lowest BCUT2D eigenvalue weighted by atomic mass is 10.1. The van der Waals surface area contributed by atoms with E-state index < -0.39 is 34.4 Å². The number of carbonyl (C=O) groups is 3. The van der Waals surface area contributed by atoms with Gasteiger partial charge in [-0.1, -0.05) is 37.3 Å². The summed E-state index contributed by atoms with van der Waals surface area (Å²) < 4.78 is 51.0. The van der Waals surface area contributed by atoms with Crippen LogP contribution in [0.4, 0.5) is 13.2 Å². The van der Waals surface area contributed by atoms with Crippen LogP contribution in [0.25, 0.3) is 0 Å². The summed E-state index contributed by atoms with van der Waals surface area (Å²) in [6.45, 7) is 2.95. The molecular formula is C28H27F3N2O5S. The third kappa shape index (κ3) is 7.76. The number of piperazine rings is 1. The number of carboxylic acids is 1. The predicted molar refractivity (Wildman–Crippen MR) is 139 cm³/mol. The lowest BCUT2D eigenvalue weighted by molar-refractivity contribution is -0.138. The van der Waals surface area contributed by atoms with Crippen LogP contribution < -0.4 is 0 Å². The SMILES string of the molecule is CCC(=O)N1CCN(C(=O)c2ccccc2C(F)(F)F)CC1.O=C(O)c1ccc(S(=O)c2ccccc2)cc1. The Morgan fingerprint density at radius 3 is 1.85 bits per heavy atom. The van der Waals surface area contributed by atoms with Crippen LogP contribution in [0.15, 0.2) is 88.7 Å². The quantitative estimate of drug-likeness (QED) is 0.477. The van der Waals surface area contributed by atoms with Gasteiger partial charge in [0.05, 0.1) is 27.5 Å². The van der Waals surface area contributed by atoms with E-state index in [1.54, 1.807) is 36.1 Å². The second-order valence-electron chi connectivity index (χ2n) is 8.48. The monoisotopic (exact) mass is 560 g/mol. The summed E-state index contributed by atoms with van der Waals surface area (Å²) in [4.78, 5) is 38.9. The largest absolute Gasteiger partial charge is 0.478 e. The first-order valence-corrected chi connectivity index (χ1v) is 13.2. The van der Waals surface area contributed by atoms with Crippen LogP contribution in [0.3, 0.4) is 0 Å². The Hall–Kier alpha value is -3.99. The number of carboxylic acid groups (broad SMARTS) is 1. The van der Waals surface area contributed by atoms with Gasteiger partial charge in [0.1, 0.15) is 0 Å². The maximum absolute atomic E-state index is 13.0. The normalized spacial score (nSPS) is 14.2. The van der Waals surface area contributed by atoms with Crippen molar-refractivity contribution >= 4 is 28.6 Å². The zero-order chi connectivity index (χ0) is 28.6. The van der Waals surface area contributed by atoms with Crippen LogP contribution in [-0.2, 0) is 21.8 Å². The van der Waals surface area contributed by atoms with Crippen molar-refractivity contribution in [1.29, 1.82) is 0 Å². The standard InChI is InChI=1S/C15H17F3N2O2.C13H10O3S/c1-2-13(21)19-7-9-20(10-8-19)14(22)11-5-3-4-6-12(11)15(16,17)18;14-13(15)10-6-8-12(9-7-10)17(16)11-4-2-1-3-5-11/h3-6H,2,7-10H2,1H3;1-9H,(H,14,15). The summed E-state index contributed by atoms with van der Waals surface area (Å²) >= 11 is 0. The third-order valence-electron chi connectivity index (χ3n) is 5.96. The number of nitrogens with zero attached hydrogens (tertiary/aromatic N) is 2. The van der Waals surface area contributed by atoms with Gasteiger partial charge in [-0.3, -0.25) is 9.59 Å². The van der Waals surface area contributed by atoms with E-state index in [2.05, 4.69) is 0 Å². The zero-order valence-corrected chi connectivity index (χ0v) is 21.9. The van der Waals surface area contributed by atoms with Crippen molar-refractivity contribution in [3.05, 3.63) is 95.6 Å². The minimum atomic E-state index is -4.56. The summed E-state index contributed by atoms with van der Waals surface area (Å²) in [5, 5.41) is 8.76. The lowest BCUT2D eigenvalue weighted by Gasteiger charge is -2.35. The highest BCUT2D eigenvalue weighted by molar-refractivity contribution is 7.85. The van der Waals surface area contributed by atoms with Crippen molar-refractivity contribution in [3.8, 4) is 0 Å². The summed E-state index contributed by atoms with van der Waals surface area (Å²) in [5.74, 6) is -1.64. The molecule has 1 atom stereocenters. The van der Waals surface area contributed by atoms with Crippen LogP contribution in [-0.4, -0.2) is 63.1 Å². The minimum Gasteiger partial charge on any atom is -0.478 e. The lowest BCUT2D eigenvalue weighted by Crippen LogP contribution is -2.50. The van der Waals surface area contributed by atoms with Gasteiger partial charge in [-0.25, -0.2) is 9.00 Å². The highest BCUT2D eigenvalue weighted by Gasteiger charge is 2.36. The van der Waals surface area contributed by atoms with Gasteiger partial charge in [0.25, 0.3) is 5.91 Å². The van der Waals surface area contributed by atoms with E-state index >= 15 is 0 Å². The Morgan fingerprint density at radius 1 is 0.795 bits per heavy atom. The van der Waals surface area contributed by atoms with Gasteiger partial charge < -0.3 is 14.9 Å². The Bertz CT molecular complexity index is 1320. The van der Waals surface area contributed by atoms with Crippen molar-refractivity contribution in [1.82, 2.24) is 9.80 Å². The van der Waals surface area contributed by atoms with E-state index in [1.165, 1.54) is 35.2 Å². The van der Waals surface area contributed by atoms with Crippen LogP contribution >= 0.6 is 0 Å². The van der Waals surface area contributed by atoms with E-state index in [0.717, 1.165) is 6.07 Å². The molecule has 0 spiro atoms. The first-order chi connectivity index (χ1) is 18.5. The van der Waals surface area contributed by atoms with E-state index in [0.29, 0.717) is 29.3 Å². The predicted octanol–water partition coefficient (Wildman–Crippen LogP) is 4.95. The fourth-order valence-corrected chi connectivity index (χ4v) is 4.93. The zero-order valence-electron chi connectivity index (χ0n) is 21.1. The number of benzene rings is 3. The molecule has 1 fully saturated rings. The second kappa shape index (κ2) is 13.2. The van der Waals surface area contributed by atoms with Crippen molar-refractivity contribution in [2.45, 2.75) is 29.3 Å². The molecule has 1 unspecified atom stereocenters. The molecule has 0 bridgehead atoms. The number of carbonyl (C=O) groups excluding carboxylic acids is 2.